The van der Waals surface area contributed by atoms with E-state index in [1.165, 1.54) is 0 Å². The van der Waals surface area contributed by atoms with Gasteiger partial charge >= 0.3 is 0 Å². The number of ether oxygens (including phenoxy) is 1. The number of hydrogen-bond donors (Lipinski definition) is 0. The van der Waals surface area contributed by atoms with E-state index in [0.717, 1.165) is 16.6 Å². The molecular formula is C7H9BrN2O. The molecule has 0 aliphatic heterocycles. The summed E-state index contributed by atoms with van der Waals surface area (Å²) in [5, 5.41) is 7.77. The van der Waals surface area contributed by atoms with Crippen LogP contribution < -0.4 is 4.74 Å². The molecule has 0 atom stereocenters. The highest BCUT2D eigenvalue weighted by atomic mass is 79.9. The predicted molar refractivity (Wildman–Crippen MR) is 45.7 cm³/mol. The molecule has 0 saturated carbocycles. The molecule has 0 N–H and O–H groups in total. The van der Waals surface area contributed by atoms with Crippen LogP contribution in [0.1, 0.15) is 12.6 Å². The Labute approximate surface area is 73.9 Å². The number of aryl methyl sites for hydroxylation is 1. The van der Waals surface area contributed by atoms with Gasteiger partial charge < -0.3 is 4.74 Å². The largest absolute Gasteiger partial charge is 0.479 e. The van der Waals surface area contributed by atoms with Gasteiger partial charge in [0, 0.05) is 0 Å². The van der Waals surface area contributed by atoms with E-state index in [1.807, 2.05) is 13.0 Å². The molecule has 0 aliphatic rings. The van der Waals surface area contributed by atoms with Crippen LogP contribution in [0.15, 0.2) is 10.5 Å². The maximum Gasteiger partial charge on any atom is 0.247 e. The number of hydrogen-bond acceptors (Lipinski definition) is 3. The second-order valence-corrected chi connectivity index (χ2v) is 2.90. The molecule has 0 fully saturated rings. The molecule has 1 heterocycles. The molecule has 1 aromatic heterocycles. The standard InChI is InChI=1S/C7H9BrN2O/c1-3-5-4-6(8)7(11-2)10-9-5/h4H,3H2,1-2H3. The zero-order valence-corrected chi connectivity index (χ0v) is 8.05. The van der Waals surface area contributed by atoms with Crippen molar-refractivity contribution in [3.63, 3.8) is 0 Å². The normalized spacial score (nSPS) is 9.73. The molecule has 0 radical (unpaired) electrons. The van der Waals surface area contributed by atoms with E-state index in [2.05, 4.69) is 26.1 Å². The highest BCUT2D eigenvalue weighted by Gasteiger charge is 2.02. The van der Waals surface area contributed by atoms with Crippen molar-refractivity contribution < 1.29 is 4.74 Å². The Kier molecular flexibility index (Phi) is 2.82. The maximum atomic E-state index is 4.92. The number of aromatic nitrogens is 2. The zero-order valence-electron chi connectivity index (χ0n) is 6.47. The molecule has 0 spiro atoms. The average Bonchev–Trinajstić information content (AvgIpc) is 2.04. The van der Waals surface area contributed by atoms with E-state index >= 15 is 0 Å². The van der Waals surface area contributed by atoms with Gasteiger partial charge in [0.05, 0.1) is 17.3 Å². The van der Waals surface area contributed by atoms with Crippen molar-refractivity contribution >= 4 is 15.9 Å². The monoisotopic (exact) mass is 216 g/mol. The molecule has 0 amide bonds. The van der Waals surface area contributed by atoms with E-state index in [9.17, 15) is 0 Å². The summed E-state index contributed by atoms with van der Waals surface area (Å²) in [4.78, 5) is 0. The van der Waals surface area contributed by atoms with Crippen LogP contribution in [0.2, 0.25) is 0 Å². The average molecular weight is 217 g/mol. The lowest BCUT2D eigenvalue weighted by atomic mass is 10.3. The summed E-state index contributed by atoms with van der Waals surface area (Å²) in [6.45, 7) is 2.03. The third kappa shape index (κ3) is 1.89. The van der Waals surface area contributed by atoms with Gasteiger partial charge in [-0.1, -0.05) is 6.92 Å². The zero-order chi connectivity index (χ0) is 8.27. The van der Waals surface area contributed by atoms with E-state index < -0.39 is 0 Å². The SMILES string of the molecule is CCc1cc(Br)c(OC)nn1. The van der Waals surface area contributed by atoms with Gasteiger partial charge in [0.2, 0.25) is 5.88 Å². The molecule has 3 nitrogen and oxygen atoms in total. The lowest BCUT2D eigenvalue weighted by Crippen LogP contribution is -1.95. The molecule has 0 unspecified atom stereocenters. The predicted octanol–water partition coefficient (Wildman–Crippen LogP) is 1.81. The van der Waals surface area contributed by atoms with Crippen molar-refractivity contribution in [2.75, 3.05) is 7.11 Å². The lowest BCUT2D eigenvalue weighted by molar-refractivity contribution is 0.388. The van der Waals surface area contributed by atoms with Gasteiger partial charge in [0.25, 0.3) is 0 Å². The summed E-state index contributed by atoms with van der Waals surface area (Å²) in [5.41, 5.74) is 0.956. The van der Waals surface area contributed by atoms with Crippen LogP contribution in [0, 0.1) is 0 Å². The molecule has 1 aromatic rings. The topological polar surface area (TPSA) is 35.0 Å². The first-order chi connectivity index (χ1) is 5.27. The highest BCUT2D eigenvalue weighted by molar-refractivity contribution is 9.10. The van der Waals surface area contributed by atoms with E-state index in [4.69, 9.17) is 4.74 Å². The third-order valence-electron chi connectivity index (χ3n) is 1.32. The Morgan fingerprint density at radius 1 is 1.55 bits per heavy atom. The minimum atomic E-state index is 0.530. The van der Waals surface area contributed by atoms with Gasteiger partial charge in [-0.05, 0) is 28.4 Å². The molecule has 60 valence electrons. The van der Waals surface area contributed by atoms with E-state index in [-0.39, 0.29) is 0 Å². The van der Waals surface area contributed by atoms with Crippen molar-refractivity contribution in [3.8, 4) is 5.88 Å². The Morgan fingerprint density at radius 3 is 2.73 bits per heavy atom. The van der Waals surface area contributed by atoms with Crippen LogP contribution in [0.3, 0.4) is 0 Å². The Morgan fingerprint density at radius 2 is 2.27 bits per heavy atom. The second kappa shape index (κ2) is 3.67. The van der Waals surface area contributed by atoms with Crippen molar-refractivity contribution in [3.05, 3.63) is 16.2 Å². The van der Waals surface area contributed by atoms with Gasteiger partial charge in [-0.3, -0.25) is 0 Å². The van der Waals surface area contributed by atoms with E-state index in [1.54, 1.807) is 7.11 Å². The second-order valence-electron chi connectivity index (χ2n) is 2.05. The fourth-order valence-electron chi connectivity index (χ4n) is 0.705. The molecule has 1 rings (SSSR count). The smallest absolute Gasteiger partial charge is 0.247 e. The molecule has 4 heteroatoms. The van der Waals surface area contributed by atoms with Gasteiger partial charge in [-0.2, -0.15) is 5.10 Å². The van der Waals surface area contributed by atoms with Crippen LogP contribution in [-0.4, -0.2) is 17.3 Å². The van der Waals surface area contributed by atoms with Crippen LogP contribution in [-0.2, 0) is 6.42 Å². The molecule has 0 saturated heterocycles. The summed E-state index contributed by atoms with van der Waals surface area (Å²) in [5.74, 6) is 0.530. The maximum absolute atomic E-state index is 4.92. The number of halogens is 1. The van der Waals surface area contributed by atoms with Crippen molar-refractivity contribution in [2.24, 2.45) is 0 Å². The van der Waals surface area contributed by atoms with Crippen LogP contribution in [0.5, 0.6) is 5.88 Å². The summed E-state index contributed by atoms with van der Waals surface area (Å²) in [7, 11) is 1.57. The highest BCUT2D eigenvalue weighted by Crippen LogP contribution is 2.20. The quantitative estimate of drug-likeness (QED) is 0.757. The van der Waals surface area contributed by atoms with Gasteiger partial charge in [0.1, 0.15) is 0 Å². The van der Waals surface area contributed by atoms with Crippen LogP contribution >= 0.6 is 15.9 Å². The van der Waals surface area contributed by atoms with E-state index in [0.29, 0.717) is 5.88 Å². The number of nitrogens with zero attached hydrogens (tertiary/aromatic N) is 2. The summed E-state index contributed by atoms with van der Waals surface area (Å²) < 4.78 is 5.78. The van der Waals surface area contributed by atoms with Gasteiger partial charge in [-0.25, -0.2) is 0 Å². The Hall–Kier alpha value is -0.640. The van der Waals surface area contributed by atoms with Crippen molar-refractivity contribution in [2.45, 2.75) is 13.3 Å². The minimum absolute atomic E-state index is 0.530. The third-order valence-corrected chi connectivity index (χ3v) is 1.89. The first-order valence-electron chi connectivity index (χ1n) is 3.34. The summed E-state index contributed by atoms with van der Waals surface area (Å²) in [6, 6.07) is 1.91. The van der Waals surface area contributed by atoms with Crippen LogP contribution in [0.4, 0.5) is 0 Å². The molecular weight excluding hydrogens is 208 g/mol. The summed E-state index contributed by atoms with van der Waals surface area (Å²) >= 11 is 3.32. The Bertz CT molecular complexity index is 252. The first-order valence-corrected chi connectivity index (χ1v) is 4.13. The van der Waals surface area contributed by atoms with Crippen molar-refractivity contribution in [1.29, 1.82) is 0 Å². The molecule has 11 heavy (non-hydrogen) atoms. The lowest BCUT2D eigenvalue weighted by Gasteiger charge is -2.00. The molecule has 0 aliphatic carbocycles. The summed E-state index contributed by atoms with van der Waals surface area (Å²) in [6.07, 6.45) is 0.885. The molecule has 0 aromatic carbocycles. The minimum Gasteiger partial charge on any atom is -0.479 e. The van der Waals surface area contributed by atoms with Crippen LogP contribution in [0.25, 0.3) is 0 Å². The fraction of sp³-hybridized carbons (Fsp3) is 0.429. The Balaban J connectivity index is 2.99. The number of methoxy groups -OCH3 is 1. The number of rotatable bonds is 2. The first kappa shape index (κ1) is 8.46. The van der Waals surface area contributed by atoms with Crippen molar-refractivity contribution in [1.82, 2.24) is 10.2 Å². The van der Waals surface area contributed by atoms with Gasteiger partial charge in [0.15, 0.2) is 0 Å². The molecule has 0 bridgehead atoms. The fourth-order valence-corrected chi connectivity index (χ4v) is 1.21. The van der Waals surface area contributed by atoms with Gasteiger partial charge in [-0.15, -0.1) is 5.10 Å².